The highest BCUT2D eigenvalue weighted by Crippen LogP contribution is 2.77. The van der Waals surface area contributed by atoms with Crippen LogP contribution in [-0.4, -0.2) is 76.8 Å². The van der Waals surface area contributed by atoms with Crippen LogP contribution in [-0.2, 0) is 30.5 Å². The van der Waals surface area contributed by atoms with Crippen LogP contribution in [0.15, 0.2) is 35.7 Å². The molecule has 0 radical (unpaired) electrons. The Hall–Kier alpha value is -3.07. The van der Waals surface area contributed by atoms with E-state index in [9.17, 15) is 24.3 Å². The molecular formula is C47H71N3O6. The Kier molecular flexibility index (Phi) is 11.4. The number of ether oxygens (including phenoxy) is 1. The Morgan fingerprint density at radius 1 is 0.929 bits per heavy atom. The molecule has 0 aromatic carbocycles. The van der Waals surface area contributed by atoms with E-state index < -0.39 is 17.4 Å². The number of fused-ring (bicyclic) bond motifs is 7. The molecule has 0 spiro atoms. The van der Waals surface area contributed by atoms with Gasteiger partial charge < -0.3 is 14.7 Å². The number of allylic oxidation sites excluding steroid dienone is 2. The number of carbonyl (C=O) groups excluding carboxylic acids is 3. The number of ketones is 1. The van der Waals surface area contributed by atoms with E-state index in [1.165, 1.54) is 5.57 Å². The summed E-state index contributed by atoms with van der Waals surface area (Å²) in [5.74, 6) is 0.435. The van der Waals surface area contributed by atoms with Gasteiger partial charge in [0.25, 0.3) is 0 Å². The quantitative estimate of drug-likeness (QED) is 0.210. The molecular weight excluding hydrogens is 703 g/mol. The van der Waals surface area contributed by atoms with Crippen molar-refractivity contribution in [2.45, 2.75) is 146 Å². The Morgan fingerprint density at radius 3 is 2.23 bits per heavy atom. The first kappa shape index (κ1) is 42.5. The fourth-order valence-corrected chi connectivity index (χ4v) is 13.5. The zero-order valence-electron chi connectivity index (χ0n) is 36.4. The van der Waals surface area contributed by atoms with Crippen molar-refractivity contribution in [3.63, 3.8) is 0 Å². The van der Waals surface area contributed by atoms with Crippen molar-refractivity contribution in [2.24, 2.45) is 56.2 Å². The maximum atomic E-state index is 14.3. The van der Waals surface area contributed by atoms with Gasteiger partial charge in [-0.25, -0.2) is 0 Å². The highest BCUT2D eigenvalue weighted by Gasteiger charge is 2.70. The van der Waals surface area contributed by atoms with Gasteiger partial charge in [0.1, 0.15) is 6.10 Å². The summed E-state index contributed by atoms with van der Waals surface area (Å²) in [7, 11) is 3.63. The molecule has 9 nitrogen and oxygen atoms in total. The van der Waals surface area contributed by atoms with Gasteiger partial charge in [0, 0.05) is 50.3 Å². The minimum absolute atomic E-state index is 0.0426. The Balaban J connectivity index is 1.27. The van der Waals surface area contributed by atoms with Gasteiger partial charge in [-0.2, -0.15) is 0 Å². The second kappa shape index (κ2) is 14.9. The predicted octanol–water partition coefficient (Wildman–Crippen LogP) is 8.76. The van der Waals surface area contributed by atoms with Crippen molar-refractivity contribution < 1.29 is 29.0 Å². The molecule has 1 amide bonds. The number of hydrogen-bond donors (Lipinski definition) is 1. The van der Waals surface area contributed by atoms with E-state index in [0.29, 0.717) is 43.0 Å². The molecule has 1 N–H and O–H groups in total. The molecule has 4 saturated carbocycles. The lowest BCUT2D eigenvalue weighted by Gasteiger charge is -2.72. The second-order valence-electron chi connectivity index (χ2n) is 21.3. The van der Waals surface area contributed by atoms with Crippen molar-refractivity contribution in [3.05, 3.63) is 41.2 Å². The van der Waals surface area contributed by atoms with Gasteiger partial charge in [-0.05, 0) is 141 Å². The molecule has 1 aromatic heterocycles. The van der Waals surface area contributed by atoms with Crippen molar-refractivity contribution in [3.8, 4) is 0 Å². The number of hydrogen-bond acceptors (Lipinski definition) is 7. The summed E-state index contributed by atoms with van der Waals surface area (Å²) in [4.78, 5) is 60.4. The van der Waals surface area contributed by atoms with Crippen molar-refractivity contribution in [2.75, 3.05) is 27.2 Å². The predicted molar refractivity (Wildman–Crippen MR) is 218 cm³/mol. The summed E-state index contributed by atoms with van der Waals surface area (Å²) < 4.78 is 6.19. The van der Waals surface area contributed by atoms with Crippen molar-refractivity contribution in [1.82, 2.24) is 14.8 Å². The SMILES string of the molecule is CC(C)C1=C2[C@H]3CC[C@@H]4[C@@]5(C)CC[C@H](OC(=O)CC(C)(C)C(=O)O)C(C)(C)[C@@H]5CC[C@@]4(C)[C@]3(C)CC[C@@]2(CCN(CC(=O)N(C)C)Cc2ccncc2)CC1=O. The number of carbonyl (C=O) groups is 4. The maximum absolute atomic E-state index is 14.3. The molecule has 4 fully saturated rings. The Morgan fingerprint density at radius 2 is 1.61 bits per heavy atom. The van der Waals surface area contributed by atoms with Crippen LogP contribution in [0.25, 0.3) is 0 Å². The van der Waals surface area contributed by atoms with Gasteiger partial charge in [0.2, 0.25) is 5.91 Å². The van der Waals surface area contributed by atoms with E-state index in [1.807, 2.05) is 38.6 Å². The highest BCUT2D eigenvalue weighted by molar-refractivity contribution is 6.00. The minimum atomic E-state index is -1.16. The molecule has 0 saturated heterocycles. The monoisotopic (exact) mass is 774 g/mol. The van der Waals surface area contributed by atoms with Crippen LogP contribution < -0.4 is 0 Å². The summed E-state index contributed by atoms with van der Waals surface area (Å²) in [6, 6.07) is 4.05. The van der Waals surface area contributed by atoms with Crippen LogP contribution in [0.4, 0.5) is 0 Å². The Labute approximate surface area is 336 Å². The van der Waals surface area contributed by atoms with Crippen LogP contribution in [0.1, 0.15) is 139 Å². The number of likely N-dealkylation sites (N-methyl/N-ethyl adjacent to an activating group) is 1. The van der Waals surface area contributed by atoms with Gasteiger partial charge in [-0.3, -0.25) is 29.1 Å². The van der Waals surface area contributed by atoms with Crippen LogP contribution >= 0.6 is 0 Å². The van der Waals surface area contributed by atoms with E-state index >= 15 is 0 Å². The molecule has 56 heavy (non-hydrogen) atoms. The van der Waals surface area contributed by atoms with Gasteiger partial charge in [0.05, 0.1) is 18.4 Å². The smallest absolute Gasteiger partial charge is 0.309 e. The van der Waals surface area contributed by atoms with E-state index in [-0.39, 0.29) is 51.4 Å². The molecule has 6 rings (SSSR count). The van der Waals surface area contributed by atoms with Gasteiger partial charge >= 0.3 is 11.9 Å². The highest BCUT2D eigenvalue weighted by atomic mass is 16.5. The molecule has 1 heterocycles. The maximum Gasteiger partial charge on any atom is 0.309 e. The number of amides is 1. The fourth-order valence-electron chi connectivity index (χ4n) is 13.5. The summed E-state index contributed by atoms with van der Waals surface area (Å²) in [6.45, 7) is 21.6. The van der Waals surface area contributed by atoms with Gasteiger partial charge in [-0.1, -0.05) is 54.0 Å². The zero-order valence-corrected chi connectivity index (χ0v) is 36.4. The first-order valence-electron chi connectivity index (χ1n) is 21.5. The second-order valence-corrected chi connectivity index (χ2v) is 21.3. The van der Waals surface area contributed by atoms with Crippen molar-refractivity contribution >= 4 is 23.6 Å². The fraction of sp³-hybridized carbons (Fsp3) is 0.766. The summed E-state index contributed by atoms with van der Waals surface area (Å²) >= 11 is 0. The van der Waals surface area contributed by atoms with Crippen LogP contribution in [0.2, 0.25) is 0 Å². The molecule has 0 unspecified atom stereocenters. The normalized spacial score (nSPS) is 35.1. The average molecular weight is 774 g/mol. The number of carboxylic acids is 1. The third kappa shape index (κ3) is 7.08. The number of Topliss-reactive ketones (excluding diaryl/α,β-unsaturated/α-hetero) is 1. The summed E-state index contributed by atoms with van der Waals surface area (Å²) in [5, 5.41) is 9.64. The number of nitrogens with zero attached hydrogens (tertiary/aromatic N) is 3. The molecule has 8 atom stereocenters. The largest absolute Gasteiger partial charge is 0.481 e. The van der Waals surface area contributed by atoms with E-state index in [1.54, 1.807) is 18.7 Å². The Bertz CT molecular complexity index is 1730. The molecule has 5 aliphatic rings. The molecule has 310 valence electrons. The lowest BCUT2D eigenvalue weighted by atomic mass is 9.33. The standard InChI is InChI=1S/C47H71N3O6/c1-30(2)39-33(51)26-47(22-25-50(29-37(52)49(10)11)28-31-16-23-48-24-17-31)21-20-45(8)32(40(39)47)12-13-35-44(7)18-15-36(56-38(53)27-42(3,4)41(54)55)43(5,6)34(44)14-19-46(35,45)9/h16-17,23-24,30,32,34-36H,12-15,18-22,25-29H2,1-11H3,(H,54,55)/t32-,34+,35-,36+,44+,45-,46-,47-/m1/s1. The topological polar surface area (TPSA) is 117 Å². The third-order valence-corrected chi connectivity index (χ3v) is 16.9. The first-order chi connectivity index (χ1) is 26.0. The molecule has 5 aliphatic carbocycles. The number of pyridine rings is 1. The lowest BCUT2D eigenvalue weighted by molar-refractivity contribution is -0.233. The average Bonchev–Trinajstić information content (AvgIpc) is 3.41. The molecule has 9 heteroatoms. The van der Waals surface area contributed by atoms with Crippen molar-refractivity contribution in [1.29, 1.82) is 0 Å². The molecule has 1 aromatic rings. The van der Waals surface area contributed by atoms with Crippen LogP contribution in [0, 0.1) is 56.2 Å². The number of aliphatic carboxylic acids is 1. The number of esters is 1. The number of carboxylic acid groups (broad SMARTS) is 1. The lowest BCUT2D eigenvalue weighted by Crippen LogP contribution is -2.65. The van der Waals surface area contributed by atoms with Gasteiger partial charge in [0.15, 0.2) is 5.78 Å². The molecule has 0 bridgehead atoms. The van der Waals surface area contributed by atoms with E-state index in [2.05, 4.69) is 58.4 Å². The number of aromatic nitrogens is 1. The van der Waals surface area contributed by atoms with Gasteiger partial charge in [-0.15, -0.1) is 0 Å². The number of rotatable bonds is 12. The molecule has 0 aliphatic heterocycles. The summed E-state index contributed by atoms with van der Waals surface area (Å²) in [6.07, 6.45) is 13.0. The van der Waals surface area contributed by atoms with Crippen LogP contribution in [0.3, 0.4) is 0 Å². The third-order valence-electron chi connectivity index (χ3n) is 16.9. The van der Waals surface area contributed by atoms with E-state index in [4.69, 9.17) is 4.74 Å². The minimum Gasteiger partial charge on any atom is -0.481 e. The van der Waals surface area contributed by atoms with E-state index in [0.717, 1.165) is 75.5 Å². The summed E-state index contributed by atoms with van der Waals surface area (Å²) in [5.41, 5.74) is 2.33. The van der Waals surface area contributed by atoms with Crippen LogP contribution in [0.5, 0.6) is 0 Å². The first-order valence-corrected chi connectivity index (χ1v) is 21.5. The zero-order chi connectivity index (χ0) is 41.2.